The fraction of sp³-hybridized carbons (Fsp3) is 0.846. The Morgan fingerprint density at radius 2 is 1.77 bits per heavy atom. The summed E-state index contributed by atoms with van der Waals surface area (Å²) in [5, 5.41) is 0. The first-order valence-electron chi connectivity index (χ1n) is 7.52. The summed E-state index contributed by atoms with van der Waals surface area (Å²) in [6.45, 7) is 2.84. The largest absolute Gasteiger partial charge is 0.342 e. The summed E-state index contributed by atoms with van der Waals surface area (Å²) in [7, 11) is -0.470. The SMILES string of the molecule is CN(C)S(=O)(=O)N1CCC[C@@H](C(=O)N2CCN(C=O)CC2)C1. The summed E-state index contributed by atoms with van der Waals surface area (Å²) < 4.78 is 27.0. The highest BCUT2D eigenvalue weighted by Crippen LogP contribution is 2.22. The van der Waals surface area contributed by atoms with Crippen molar-refractivity contribution in [2.75, 3.05) is 53.4 Å². The van der Waals surface area contributed by atoms with Crippen molar-refractivity contribution in [3.05, 3.63) is 0 Å². The van der Waals surface area contributed by atoms with E-state index in [0.29, 0.717) is 45.6 Å². The molecule has 126 valence electrons. The molecular weight excluding hydrogens is 308 g/mol. The molecule has 0 aliphatic carbocycles. The summed E-state index contributed by atoms with van der Waals surface area (Å²) in [5.74, 6) is -0.282. The molecule has 2 fully saturated rings. The monoisotopic (exact) mass is 332 g/mol. The number of hydrogen-bond donors (Lipinski definition) is 0. The lowest BCUT2D eigenvalue weighted by molar-refractivity contribution is -0.140. The Hall–Kier alpha value is -1.19. The quantitative estimate of drug-likeness (QED) is 0.606. The third-order valence-electron chi connectivity index (χ3n) is 4.30. The Kier molecular flexibility index (Phi) is 5.41. The number of carbonyl (C=O) groups is 2. The Balaban J connectivity index is 1.98. The minimum atomic E-state index is -3.47. The van der Waals surface area contributed by atoms with Crippen molar-refractivity contribution in [3.63, 3.8) is 0 Å². The van der Waals surface area contributed by atoms with Gasteiger partial charge in [0.1, 0.15) is 0 Å². The van der Waals surface area contributed by atoms with Crippen LogP contribution in [0.4, 0.5) is 0 Å². The second-order valence-electron chi connectivity index (χ2n) is 5.95. The summed E-state index contributed by atoms with van der Waals surface area (Å²) in [6, 6.07) is 0. The summed E-state index contributed by atoms with van der Waals surface area (Å²) >= 11 is 0. The van der Waals surface area contributed by atoms with Gasteiger partial charge in [-0.25, -0.2) is 0 Å². The zero-order valence-corrected chi connectivity index (χ0v) is 14.0. The average molecular weight is 332 g/mol. The van der Waals surface area contributed by atoms with Gasteiger partial charge in [-0.05, 0) is 12.8 Å². The maximum absolute atomic E-state index is 12.6. The lowest BCUT2D eigenvalue weighted by Gasteiger charge is -2.38. The molecule has 2 amide bonds. The molecule has 2 heterocycles. The van der Waals surface area contributed by atoms with Crippen molar-refractivity contribution >= 4 is 22.5 Å². The molecule has 1 atom stereocenters. The minimum Gasteiger partial charge on any atom is -0.342 e. The fourth-order valence-electron chi connectivity index (χ4n) is 2.89. The van der Waals surface area contributed by atoms with Gasteiger partial charge in [-0.1, -0.05) is 0 Å². The second-order valence-corrected chi connectivity index (χ2v) is 8.10. The molecule has 0 bridgehead atoms. The van der Waals surface area contributed by atoms with E-state index in [1.807, 2.05) is 0 Å². The smallest absolute Gasteiger partial charge is 0.281 e. The van der Waals surface area contributed by atoms with Crippen LogP contribution in [-0.2, 0) is 19.8 Å². The third-order valence-corrected chi connectivity index (χ3v) is 6.20. The van der Waals surface area contributed by atoms with Crippen LogP contribution in [0, 0.1) is 5.92 Å². The number of amides is 2. The second kappa shape index (κ2) is 6.93. The van der Waals surface area contributed by atoms with Gasteiger partial charge in [0.2, 0.25) is 12.3 Å². The molecule has 2 aliphatic rings. The summed E-state index contributed by atoms with van der Waals surface area (Å²) in [6.07, 6.45) is 2.21. The molecule has 0 aromatic carbocycles. The Morgan fingerprint density at radius 3 is 2.32 bits per heavy atom. The van der Waals surface area contributed by atoms with Crippen LogP contribution in [-0.4, -0.2) is 92.5 Å². The van der Waals surface area contributed by atoms with Crippen LogP contribution in [0.2, 0.25) is 0 Å². The number of piperazine rings is 1. The van der Waals surface area contributed by atoms with Crippen LogP contribution >= 0.6 is 0 Å². The van der Waals surface area contributed by atoms with Crippen molar-refractivity contribution < 1.29 is 18.0 Å². The van der Waals surface area contributed by atoms with E-state index in [9.17, 15) is 18.0 Å². The van der Waals surface area contributed by atoms with Gasteiger partial charge in [0, 0.05) is 53.4 Å². The van der Waals surface area contributed by atoms with Gasteiger partial charge in [0.05, 0.1) is 5.92 Å². The zero-order valence-electron chi connectivity index (χ0n) is 13.1. The first-order valence-corrected chi connectivity index (χ1v) is 8.91. The highest BCUT2D eigenvalue weighted by Gasteiger charge is 2.35. The number of piperidine rings is 1. The average Bonchev–Trinajstić information content (AvgIpc) is 2.54. The maximum Gasteiger partial charge on any atom is 0.281 e. The van der Waals surface area contributed by atoms with Crippen LogP contribution in [0.25, 0.3) is 0 Å². The Bertz CT molecular complexity index is 514. The van der Waals surface area contributed by atoms with E-state index < -0.39 is 10.2 Å². The molecule has 22 heavy (non-hydrogen) atoms. The van der Waals surface area contributed by atoms with E-state index in [-0.39, 0.29) is 18.4 Å². The molecule has 0 spiro atoms. The van der Waals surface area contributed by atoms with E-state index in [1.165, 1.54) is 22.7 Å². The number of rotatable bonds is 4. The first kappa shape index (κ1) is 17.2. The van der Waals surface area contributed by atoms with E-state index >= 15 is 0 Å². The lowest BCUT2D eigenvalue weighted by Crippen LogP contribution is -2.53. The van der Waals surface area contributed by atoms with E-state index in [2.05, 4.69) is 0 Å². The highest BCUT2D eigenvalue weighted by molar-refractivity contribution is 7.86. The van der Waals surface area contributed by atoms with E-state index in [1.54, 1.807) is 9.80 Å². The molecule has 0 N–H and O–H groups in total. The molecule has 0 aromatic rings. The van der Waals surface area contributed by atoms with Crippen molar-refractivity contribution in [2.24, 2.45) is 5.92 Å². The molecule has 0 aromatic heterocycles. The molecular formula is C13H24N4O4S. The first-order chi connectivity index (χ1) is 10.4. The van der Waals surface area contributed by atoms with Crippen molar-refractivity contribution in [2.45, 2.75) is 12.8 Å². The molecule has 2 saturated heterocycles. The molecule has 2 rings (SSSR count). The molecule has 8 nitrogen and oxygen atoms in total. The Labute approximate surface area is 131 Å². The molecule has 0 unspecified atom stereocenters. The topological polar surface area (TPSA) is 81.2 Å². The third kappa shape index (κ3) is 3.58. The molecule has 9 heteroatoms. The van der Waals surface area contributed by atoms with Gasteiger partial charge in [-0.2, -0.15) is 17.0 Å². The van der Waals surface area contributed by atoms with Crippen molar-refractivity contribution in [3.8, 4) is 0 Å². The lowest BCUT2D eigenvalue weighted by atomic mass is 9.98. The van der Waals surface area contributed by atoms with Gasteiger partial charge in [-0.3, -0.25) is 9.59 Å². The van der Waals surface area contributed by atoms with E-state index in [0.717, 1.165) is 6.41 Å². The maximum atomic E-state index is 12.6. The van der Waals surface area contributed by atoms with Crippen LogP contribution in [0.1, 0.15) is 12.8 Å². The normalized spacial score (nSPS) is 24.6. The predicted molar refractivity (Wildman–Crippen MR) is 81.1 cm³/mol. The van der Waals surface area contributed by atoms with Crippen molar-refractivity contribution in [1.82, 2.24) is 18.4 Å². The molecule has 0 radical (unpaired) electrons. The zero-order chi connectivity index (χ0) is 16.3. The van der Waals surface area contributed by atoms with Gasteiger partial charge in [0.15, 0.2) is 0 Å². The highest BCUT2D eigenvalue weighted by atomic mass is 32.2. The number of nitrogens with zero attached hydrogens (tertiary/aromatic N) is 4. The van der Waals surface area contributed by atoms with Crippen LogP contribution in [0.3, 0.4) is 0 Å². The van der Waals surface area contributed by atoms with Crippen LogP contribution in [0.15, 0.2) is 0 Å². The summed E-state index contributed by atoms with van der Waals surface area (Å²) in [5.41, 5.74) is 0. The standard InChI is InChI=1S/C13H24N4O4S/c1-14(2)22(20,21)17-5-3-4-12(10-17)13(19)16-8-6-15(11-18)7-9-16/h11-12H,3-10H2,1-2H3/t12-/m1/s1. The number of hydrogen-bond acceptors (Lipinski definition) is 4. The minimum absolute atomic E-state index is 0.00389. The van der Waals surface area contributed by atoms with Crippen molar-refractivity contribution in [1.29, 1.82) is 0 Å². The molecule has 2 aliphatic heterocycles. The van der Waals surface area contributed by atoms with Crippen LogP contribution < -0.4 is 0 Å². The Morgan fingerprint density at radius 1 is 1.14 bits per heavy atom. The fourth-order valence-corrected chi connectivity index (χ4v) is 4.08. The van der Waals surface area contributed by atoms with Gasteiger partial charge < -0.3 is 9.80 Å². The van der Waals surface area contributed by atoms with Gasteiger partial charge in [0.25, 0.3) is 10.2 Å². The molecule has 0 saturated carbocycles. The van der Waals surface area contributed by atoms with E-state index in [4.69, 9.17) is 0 Å². The van der Waals surface area contributed by atoms with Gasteiger partial charge >= 0.3 is 0 Å². The van der Waals surface area contributed by atoms with Crippen LogP contribution in [0.5, 0.6) is 0 Å². The predicted octanol–water partition coefficient (Wildman–Crippen LogP) is -1.19. The number of carbonyl (C=O) groups excluding carboxylic acids is 2. The van der Waals surface area contributed by atoms with Gasteiger partial charge in [-0.15, -0.1) is 0 Å². The summed E-state index contributed by atoms with van der Waals surface area (Å²) in [4.78, 5) is 26.7.